The van der Waals surface area contributed by atoms with Gasteiger partial charge >= 0.3 is 12.6 Å². The van der Waals surface area contributed by atoms with Crippen LogP contribution in [0.1, 0.15) is 11.6 Å². The third-order valence-corrected chi connectivity index (χ3v) is 3.53. The van der Waals surface area contributed by atoms with Crippen LogP contribution in [0.4, 0.5) is 17.6 Å². The number of hydrogen-bond donors (Lipinski definition) is 0. The second kappa shape index (κ2) is 6.88. The highest BCUT2D eigenvalue weighted by molar-refractivity contribution is 14.1. The Morgan fingerprint density at radius 3 is 2.52 bits per heavy atom. The predicted octanol–water partition coefficient (Wildman–Crippen LogP) is 2.82. The maximum Gasteiger partial charge on any atom is 0.345 e. The van der Waals surface area contributed by atoms with Crippen LogP contribution in [0.3, 0.4) is 0 Å². The summed E-state index contributed by atoms with van der Waals surface area (Å²) in [5.74, 6) is -2.45. The number of alkyl halides is 2. The summed E-state index contributed by atoms with van der Waals surface area (Å²) in [5.41, 5.74) is -0.0754. The third kappa shape index (κ3) is 3.83. The van der Waals surface area contributed by atoms with Crippen LogP contribution in [0.25, 0.3) is 0 Å². The van der Waals surface area contributed by atoms with Gasteiger partial charge in [0.2, 0.25) is 0 Å². The minimum Gasteiger partial charge on any atom is -0.393 e. The number of halogens is 5. The summed E-state index contributed by atoms with van der Waals surface area (Å²) in [7, 11) is 0. The lowest BCUT2D eigenvalue weighted by Crippen LogP contribution is -2.55. The van der Waals surface area contributed by atoms with Gasteiger partial charge in [0.15, 0.2) is 23.0 Å². The maximum absolute atomic E-state index is 13.8. The summed E-state index contributed by atoms with van der Waals surface area (Å²) in [4.78, 5) is 13.2. The van der Waals surface area contributed by atoms with E-state index in [1.54, 1.807) is 0 Å². The molecule has 1 aromatic rings. The van der Waals surface area contributed by atoms with Crippen molar-refractivity contribution in [3.8, 4) is 0 Å². The monoisotopic (exact) mass is 419 g/mol. The quantitative estimate of drug-likeness (QED) is 0.544. The molecule has 0 aliphatic carbocycles. The first kappa shape index (κ1) is 16.4. The number of hydrogen-bond acceptors (Lipinski definition) is 4. The third-order valence-electron chi connectivity index (χ3n) is 3.09. The largest absolute Gasteiger partial charge is 0.393 e. The molecule has 0 spiro atoms. The smallest absolute Gasteiger partial charge is 0.345 e. The molecular weight excluding hydrogens is 409 g/mol. The van der Waals surface area contributed by atoms with E-state index in [1.807, 2.05) is 0 Å². The summed E-state index contributed by atoms with van der Waals surface area (Å²) < 4.78 is 59.7. The average molecular weight is 419 g/mol. The van der Waals surface area contributed by atoms with E-state index in [0.717, 1.165) is 12.1 Å². The normalized spacial score (nSPS) is 17.6. The maximum atomic E-state index is 13.8. The Kier molecular flexibility index (Phi) is 5.38. The number of carbonyl (C=O) groups is 1. The fourth-order valence-corrected chi connectivity index (χ4v) is 2.39. The standard InChI is InChI=1S/C12H10F4INO3/c13-6-1-2-8(9(14)3-6)10(11(19)21-17)18-4-7(5-18)20-12(15)16/h1-3,7,10,12H,4-5H2. The number of rotatable bonds is 5. The van der Waals surface area contributed by atoms with Gasteiger partial charge in [0.05, 0.1) is 6.10 Å². The average Bonchev–Trinajstić information content (AvgIpc) is 2.37. The van der Waals surface area contributed by atoms with Crippen molar-refractivity contribution in [3.05, 3.63) is 35.4 Å². The van der Waals surface area contributed by atoms with E-state index in [-0.39, 0.29) is 18.7 Å². The molecule has 0 bridgehead atoms. The summed E-state index contributed by atoms with van der Waals surface area (Å²) in [6, 6.07) is 1.67. The Morgan fingerprint density at radius 1 is 1.33 bits per heavy atom. The molecule has 0 N–H and O–H groups in total. The van der Waals surface area contributed by atoms with Crippen LogP contribution in [0.5, 0.6) is 0 Å². The van der Waals surface area contributed by atoms with E-state index in [1.165, 1.54) is 27.9 Å². The Balaban J connectivity index is 2.15. The molecule has 116 valence electrons. The van der Waals surface area contributed by atoms with Crippen LogP contribution >= 0.6 is 23.0 Å². The molecule has 1 saturated heterocycles. The molecular formula is C12H10F4INO3. The number of likely N-dealkylation sites (tertiary alicyclic amines) is 1. The van der Waals surface area contributed by atoms with Crippen molar-refractivity contribution in [2.45, 2.75) is 18.8 Å². The van der Waals surface area contributed by atoms with Crippen LogP contribution in [0.2, 0.25) is 0 Å². The topological polar surface area (TPSA) is 38.8 Å². The van der Waals surface area contributed by atoms with E-state index < -0.39 is 36.4 Å². The molecule has 0 aromatic heterocycles. The van der Waals surface area contributed by atoms with Crippen LogP contribution in [0.15, 0.2) is 18.2 Å². The van der Waals surface area contributed by atoms with Crippen LogP contribution in [-0.2, 0) is 12.6 Å². The molecule has 4 nitrogen and oxygen atoms in total. The summed E-state index contributed by atoms with van der Waals surface area (Å²) in [5, 5.41) is 0. The molecule has 21 heavy (non-hydrogen) atoms. The van der Waals surface area contributed by atoms with Gasteiger partial charge in [0, 0.05) is 24.7 Å². The molecule has 0 radical (unpaired) electrons. The Hall–Kier alpha value is -0.940. The number of carbonyl (C=O) groups excluding carboxylic acids is 1. The highest BCUT2D eigenvalue weighted by Crippen LogP contribution is 2.31. The van der Waals surface area contributed by atoms with Gasteiger partial charge in [-0.3, -0.25) is 4.90 Å². The molecule has 0 saturated carbocycles. The molecule has 1 aliphatic rings. The first-order valence-corrected chi connectivity index (χ1v) is 6.75. The van der Waals surface area contributed by atoms with Gasteiger partial charge in [-0.1, -0.05) is 6.07 Å². The van der Waals surface area contributed by atoms with Gasteiger partial charge < -0.3 is 7.80 Å². The van der Waals surface area contributed by atoms with E-state index in [4.69, 9.17) is 0 Å². The van der Waals surface area contributed by atoms with Crippen molar-refractivity contribution in [2.24, 2.45) is 0 Å². The number of benzene rings is 1. The highest BCUT2D eigenvalue weighted by Gasteiger charge is 2.40. The second-order valence-electron chi connectivity index (χ2n) is 4.44. The van der Waals surface area contributed by atoms with Gasteiger partial charge in [0.1, 0.15) is 17.7 Å². The number of ether oxygens (including phenoxy) is 1. The van der Waals surface area contributed by atoms with Crippen LogP contribution < -0.4 is 0 Å². The lowest BCUT2D eigenvalue weighted by Gasteiger charge is -2.42. The van der Waals surface area contributed by atoms with Crippen molar-refractivity contribution in [1.29, 1.82) is 0 Å². The molecule has 1 atom stereocenters. The zero-order valence-corrected chi connectivity index (χ0v) is 12.6. The van der Waals surface area contributed by atoms with Crippen LogP contribution in [0, 0.1) is 11.6 Å². The zero-order chi connectivity index (χ0) is 15.6. The van der Waals surface area contributed by atoms with E-state index >= 15 is 0 Å². The predicted molar refractivity (Wildman–Crippen MR) is 71.7 cm³/mol. The van der Waals surface area contributed by atoms with Crippen molar-refractivity contribution in [1.82, 2.24) is 4.90 Å². The van der Waals surface area contributed by atoms with Crippen LogP contribution in [-0.4, -0.2) is 36.7 Å². The van der Waals surface area contributed by atoms with Crippen molar-refractivity contribution < 1.29 is 30.2 Å². The lowest BCUT2D eigenvalue weighted by molar-refractivity contribution is -0.202. The molecule has 1 heterocycles. The zero-order valence-electron chi connectivity index (χ0n) is 10.4. The summed E-state index contributed by atoms with van der Waals surface area (Å²) in [6.07, 6.45) is -0.738. The Labute approximate surface area is 131 Å². The van der Waals surface area contributed by atoms with Gasteiger partial charge in [0.25, 0.3) is 0 Å². The van der Waals surface area contributed by atoms with Gasteiger partial charge in [-0.25, -0.2) is 13.6 Å². The van der Waals surface area contributed by atoms with E-state index in [2.05, 4.69) is 7.80 Å². The summed E-state index contributed by atoms with van der Waals surface area (Å²) >= 11 is 1.35. The molecule has 2 rings (SSSR count). The van der Waals surface area contributed by atoms with Crippen molar-refractivity contribution in [2.75, 3.05) is 13.1 Å². The Morgan fingerprint density at radius 2 is 2.00 bits per heavy atom. The summed E-state index contributed by atoms with van der Waals surface area (Å²) in [6.45, 7) is -2.86. The van der Waals surface area contributed by atoms with Gasteiger partial charge in [-0.2, -0.15) is 8.78 Å². The minimum absolute atomic E-state index is 0.0254. The molecule has 1 aliphatic heterocycles. The van der Waals surface area contributed by atoms with E-state index in [0.29, 0.717) is 6.07 Å². The SMILES string of the molecule is O=C(OI)C(c1ccc(F)cc1F)N1CC(OC(F)F)C1. The molecule has 1 fully saturated rings. The Bertz CT molecular complexity index is 525. The van der Waals surface area contributed by atoms with Gasteiger partial charge in [-0.15, -0.1) is 0 Å². The second-order valence-corrected chi connectivity index (χ2v) is 4.88. The molecule has 1 unspecified atom stereocenters. The van der Waals surface area contributed by atoms with Crippen molar-refractivity contribution in [3.63, 3.8) is 0 Å². The fourth-order valence-electron chi connectivity index (χ4n) is 2.15. The lowest BCUT2D eigenvalue weighted by atomic mass is 10.00. The van der Waals surface area contributed by atoms with Crippen molar-refractivity contribution >= 4 is 29.0 Å². The number of nitrogens with zero attached hydrogens (tertiary/aromatic N) is 1. The highest BCUT2D eigenvalue weighted by atomic mass is 127. The van der Waals surface area contributed by atoms with Gasteiger partial charge in [-0.05, 0) is 6.07 Å². The first-order valence-electron chi connectivity index (χ1n) is 5.87. The van der Waals surface area contributed by atoms with E-state index in [9.17, 15) is 22.4 Å². The fraction of sp³-hybridized carbons (Fsp3) is 0.417. The molecule has 0 amide bonds. The molecule has 1 aromatic carbocycles. The molecule has 9 heteroatoms. The first-order chi connectivity index (χ1) is 9.92. The minimum atomic E-state index is -2.91.